The number of nitro benzene ring substituents is 1. The van der Waals surface area contributed by atoms with Crippen LogP contribution in [0.3, 0.4) is 0 Å². The molecular weight excluding hydrogens is 346 g/mol. The summed E-state index contributed by atoms with van der Waals surface area (Å²) in [5, 5.41) is 28.4. The Bertz CT molecular complexity index is 988. The number of hydrazine groups is 2. The number of aromatic hydroxyl groups is 1. The number of nitrogens with one attached hydrogen (secondary N) is 1. The van der Waals surface area contributed by atoms with Crippen LogP contribution in [0.4, 0.5) is 17.1 Å². The minimum Gasteiger partial charge on any atom is -0.508 e. The van der Waals surface area contributed by atoms with Crippen LogP contribution in [0.1, 0.15) is 5.56 Å². The summed E-state index contributed by atoms with van der Waals surface area (Å²) in [4.78, 5) is 10.4. The van der Waals surface area contributed by atoms with E-state index in [-0.39, 0.29) is 11.4 Å². The number of anilines is 2. The fourth-order valence-electron chi connectivity index (χ4n) is 2.68. The van der Waals surface area contributed by atoms with E-state index in [2.05, 4.69) is 10.5 Å². The normalized spacial score (nSPS) is 13.3. The number of nitro groups is 1. The molecule has 27 heavy (non-hydrogen) atoms. The Hall–Kier alpha value is -4.07. The van der Waals surface area contributed by atoms with Gasteiger partial charge in [-0.1, -0.05) is 18.2 Å². The second-order valence-electron chi connectivity index (χ2n) is 5.82. The third-order valence-corrected chi connectivity index (χ3v) is 4.03. The molecule has 1 aliphatic rings. The van der Waals surface area contributed by atoms with Crippen molar-refractivity contribution in [2.45, 2.75) is 0 Å². The van der Waals surface area contributed by atoms with Crippen molar-refractivity contribution in [1.29, 1.82) is 0 Å². The third kappa shape index (κ3) is 3.23. The summed E-state index contributed by atoms with van der Waals surface area (Å²) in [6.45, 7) is 0. The SMILES string of the molecule is O=[N+]([O-])c1ccc(C2=NN(c3ccccc3)N(c3ccc(O)cc3)N2)cc1. The van der Waals surface area contributed by atoms with Crippen LogP contribution in [0.25, 0.3) is 0 Å². The zero-order valence-corrected chi connectivity index (χ0v) is 14.1. The van der Waals surface area contributed by atoms with Gasteiger partial charge in [-0.05, 0) is 48.5 Å². The van der Waals surface area contributed by atoms with Gasteiger partial charge in [0.1, 0.15) is 5.75 Å². The molecule has 2 N–H and O–H groups in total. The van der Waals surface area contributed by atoms with Crippen LogP contribution >= 0.6 is 0 Å². The average molecular weight is 361 g/mol. The van der Waals surface area contributed by atoms with Gasteiger partial charge in [-0.15, -0.1) is 5.10 Å². The standard InChI is InChI=1S/C19H15N5O3/c25-18-12-10-16(11-13-18)23-21-19(14-6-8-17(9-7-14)24(26)27)20-22(23)15-4-2-1-3-5-15/h1-13,25H,(H,20,21). The minimum absolute atomic E-state index is 0.0210. The predicted octanol–water partition coefficient (Wildman–Crippen LogP) is 3.41. The van der Waals surface area contributed by atoms with Crippen molar-refractivity contribution < 1.29 is 10.0 Å². The molecule has 8 heteroatoms. The van der Waals surface area contributed by atoms with E-state index < -0.39 is 4.92 Å². The Morgan fingerprint density at radius 3 is 2.19 bits per heavy atom. The maximum absolute atomic E-state index is 10.9. The van der Waals surface area contributed by atoms with Gasteiger partial charge in [0.15, 0.2) is 5.84 Å². The molecule has 4 rings (SSSR count). The Morgan fingerprint density at radius 2 is 1.56 bits per heavy atom. The Balaban J connectivity index is 1.71. The number of hydrogen-bond acceptors (Lipinski definition) is 7. The summed E-state index contributed by atoms with van der Waals surface area (Å²) in [6.07, 6.45) is 0. The number of hydrogen-bond donors (Lipinski definition) is 2. The van der Waals surface area contributed by atoms with Crippen molar-refractivity contribution in [2.24, 2.45) is 5.10 Å². The van der Waals surface area contributed by atoms with E-state index in [0.717, 1.165) is 11.4 Å². The molecule has 3 aromatic carbocycles. The van der Waals surface area contributed by atoms with Gasteiger partial charge in [0, 0.05) is 17.7 Å². The fraction of sp³-hybridized carbons (Fsp3) is 0. The lowest BCUT2D eigenvalue weighted by atomic mass is 10.2. The zero-order valence-electron chi connectivity index (χ0n) is 14.1. The summed E-state index contributed by atoms with van der Waals surface area (Å²) in [5.41, 5.74) is 5.52. The molecule has 134 valence electrons. The molecule has 0 bridgehead atoms. The number of para-hydroxylation sites is 1. The van der Waals surface area contributed by atoms with Crippen molar-refractivity contribution in [3.8, 4) is 5.75 Å². The van der Waals surface area contributed by atoms with Crippen molar-refractivity contribution in [2.75, 3.05) is 10.2 Å². The van der Waals surface area contributed by atoms with Crippen molar-refractivity contribution in [3.63, 3.8) is 0 Å². The molecule has 0 saturated carbocycles. The van der Waals surface area contributed by atoms with E-state index in [1.807, 2.05) is 30.3 Å². The van der Waals surface area contributed by atoms with Gasteiger partial charge in [0.2, 0.25) is 0 Å². The van der Waals surface area contributed by atoms with Gasteiger partial charge in [-0.2, -0.15) is 10.2 Å². The highest BCUT2D eigenvalue weighted by Crippen LogP contribution is 2.27. The van der Waals surface area contributed by atoms with Crippen LogP contribution in [-0.4, -0.2) is 15.9 Å². The molecule has 1 aliphatic heterocycles. The lowest BCUT2D eigenvalue weighted by Crippen LogP contribution is -2.44. The Labute approximate surface area is 154 Å². The molecule has 0 aromatic heterocycles. The first-order valence-corrected chi connectivity index (χ1v) is 8.16. The highest BCUT2D eigenvalue weighted by molar-refractivity contribution is 6.02. The lowest BCUT2D eigenvalue weighted by molar-refractivity contribution is -0.384. The van der Waals surface area contributed by atoms with Gasteiger partial charge < -0.3 is 5.11 Å². The predicted molar refractivity (Wildman–Crippen MR) is 102 cm³/mol. The molecule has 0 unspecified atom stereocenters. The van der Waals surface area contributed by atoms with Crippen LogP contribution in [0.15, 0.2) is 84.0 Å². The molecule has 0 saturated heterocycles. The second-order valence-corrected chi connectivity index (χ2v) is 5.82. The highest BCUT2D eigenvalue weighted by Gasteiger charge is 2.26. The van der Waals surface area contributed by atoms with Crippen molar-refractivity contribution in [1.82, 2.24) is 5.43 Å². The number of phenolic OH excluding ortho intramolecular Hbond substituents is 1. The molecule has 0 atom stereocenters. The number of phenols is 1. The van der Waals surface area contributed by atoms with Crippen LogP contribution in [0.2, 0.25) is 0 Å². The quantitative estimate of drug-likeness (QED) is 0.546. The molecule has 0 fully saturated rings. The Kier molecular flexibility index (Phi) is 4.06. The van der Waals surface area contributed by atoms with E-state index >= 15 is 0 Å². The van der Waals surface area contributed by atoms with Gasteiger partial charge in [-0.3, -0.25) is 15.5 Å². The van der Waals surface area contributed by atoms with E-state index in [1.165, 1.54) is 12.1 Å². The van der Waals surface area contributed by atoms with Gasteiger partial charge in [-0.25, -0.2) is 0 Å². The molecular formula is C19H15N5O3. The highest BCUT2D eigenvalue weighted by atomic mass is 16.6. The maximum Gasteiger partial charge on any atom is 0.269 e. The summed E-state index contributed by atoms with van der Waals surface area (Å²) >= 11 is 0. The smallest absolute Gasteiger partial charge is 0.269 e. The first kappa shape index (κ1) is 16.4. The average Bonchev–Trinajstić information content (AvgIpc) is 3.15. The fourth-order valence-corrected chi connectivity index (χ4v) is 2.68. The Morgan fingerprint density at radius 1 is 0.889 bits per heavy atom. The molecule has 0 aliphatic carbocycles. The van der Waals surface area contributed by atoms with Crippen molar-refractivity contribution >= 4 is 22.9 Å². The second kappa shape index (κ2) is 6.68. The number of amidine groups is 1. The number of non-ortho nitro benzene ring substituents is 1. The first-order valence-electron chi connectivity index (χ1n) is 8.16. The third-order valence-electron chi connectivity index (χ3n) is 4.03. The van der Waals surface area contributed by atoms with Crippen molar-refractivity contribution in [3.05, 3.63) is 94.5 Å². The molecule has 0 radical (unpaired) electrons. The number of rotatable bonds is 4. The number of hydrazone groups is 1. The molecule has 1 heterocycles. The van der Waals surface area contributed by atoms with Gasteiger partial charge >= 0.3 is 0 Å². The van der Waals surface area contributed by atoms with Crippen LogP contribution in [-0.2, 0) is 0 Å². The van der Waals surface area contributed by atoms with Crippen LogP contribution in [0, 0.1) is 10.1 Å². The molecule has 0 amide bonds. The van der Waals surface area contributed by atoms with E-state index in [1.54, 1.807) is 46.6 Å². The summed E-state index contributed by atoms with van der Waals surface area (Å²) in [7, 11) is 0. The zero-order chi connectivity index (χ0) is 18.8. The summed E-state index contributed by atoms with van der Waals surface area (Å²) < 4.78 is 0. The first-order chi connectivity index (χ1) is 13.1. The molecule has 3 aromatic rings. The van der Waals surface area contributed by atoms with E-state index in [0.29, 0.717) is 11.4 Å². The van der Waals surface area contributed by atoms with Gasteiger partial charge in [0.05, 0.1) is 16.3 Å². The monoisotopic (exact) mass is 361 g/mol. The van der Waals surface area contributed by atoms with Gasteiger partial charge in [0.25, 0.3) is 5.69 Å². The largest absolute Gasteiger partial charge is 0.508 e. The summed E-state index contributed by atoms with van der Waals surface area (Å²) in [6, 6.07) is 22.4. The number of nitrogens with zero attached hydrogens (tertiary/aromatic N) is 4. The topological polar surface area (TPSA) is 94.2 Å². The maximum atomic E-state index is 10.9. The summed E-state index contributed by atoms with van der Waals surface area (Å²) in [5.74, 6) is 0.711. The molecule has 8 nitrogen and oxygen atoms in total. The van der Waals surface area contributed by atoms with Crippen LogP contribution < -0.4 is 15.7 Å². The van der Waals surface area contributed by atoms with E-state index in [9.17, 15) is 15.2 Å². The van der Waals surface area contributed by atoms with Crippen LogP contribution in [0.5, 0.6) is 5.75 Å². The lowest BCUT2D eigenvalue weighted by Gasteiger charge is -2.27. The minimum atomic E-state index is -0.438. The van der Waals surface area contributed by atoms with E-state index in [4.69, 9.17) is 0 Å². The molecule has 0 spiro atoms. The number of benzene rings is 3.